The molecule has 0 unspecified atom stereocenters. The molecule has 0 bridgehead atoms. The average Bonchev–Trinajstić information content (AvgIpc) is 2.77. The maximum Gasteiger partial charge on any atom is 0.347 e. The van der Waals surface area contributed by atoms with Gasteiger partial charge in [-0.25, -0.2) is 4.79 Å². The van der Waals surface area contributed by atoms with Crippen molar-refractivity contribution in [1.29, 1.82) is 0 Å². The standard InChI is InChI=1S/C13H16BrN3O7/c1-5-11(20)15-13(21)17(16-5)12-9(14)10(23-7(3)19)8(24-12)4-22-6(2)18/h8-10,12H,4H2,1-3H3,(H,15,20,21)/t8-,9+,10-,12-/m1/s1. The Morgan fingerprint density at radius 1 is 1.33 bits per heavy atom. The molecular weight excluding hydrogens is 390 g/mol. The first-order valence-corrected chi connectivity index (χ1v) is 7.92. The summed E-state index contributed by atoms with van der Waals surface area (Å²) in [7, 11) is 0. The number of nitrogens with zero attached hydrogens (tertiary/aromatic N) is 2. The third-order valence-electron chi connectivity index (χ3n) is 3.28. The Balaban J connectivity index is 2.33. The molecule has 1 saturated heterocycles. The summed E-state index contributed by atoms with van der Waals surface area (Å²) in [4.78, 5) is 47.2. The number of carbonyl (C=O) groups is 2. The molecule has 10 nitrogen and oxygen atoms in total. The van der Waals surface area contributed by atoms with Crippen molar-refractivity contribution in [2.24, 2.45) is 0 Å². The second-order valence-electron chi connectivity index (χ2n) is 5.18. The number of esters is 2. The first-order valence-electron chi connectivity index (χ1n) is 7.00. The summed E-state index contributed by atoms with van der Waals surface area (Å²) in [5.74, 6) is -1.08. The minimum absolute atomic E-state index is 0.0744. The number of aryl methyl sites for hydroxylation is 1. The van der Waals surface area contributed by atoms with Crippen LogP contribution in [0.25, 0.3) is 0 Å². The van der Waals surface area contributed by atoms with Crippen LogP contribution in [0, 0.1) is 6.92 Å². The van der Waals surface area contributed by atoms with E-state index in [4.69, 9.17) is 14.2 Å². The zero-order valence-electron chi connectivity index (χ0n) is 13.1. The highest BCUT2D eigenvalue weighted by atomic mass is 79.9. The van der Waals surface area contributed by atoms with Crippen LogP contribution in [0.3, 0.4) is 0 Å². The van der Waals surface area contributed by atoms with Crippen molar-refractivity contribution in [3.05, 3.63) is 26.5 Å². The number of nitrogens with one attached hydrogen (secondary N) is 1. The van der Waals surface area contributed by atoms with Gasteiger partial charge in [-0.3, -0.25) is 19.4 Å². The summed E-state index contributed by atoms with van der Waals surface area (Å²) < 4.78 is 16.7. The second kappa shape index (κ2) is 7.26. The van der Waals surface area contributed by atoms with Gasteiger partial charge in [0.25, 0.3) is 5.56 Å². The van der Waals surface area contributed by atoms with Gasteiger partial charge in [-0.15, -0.1) is 0 Å². The van der Waals surface area contributed by atoms with Gasteiger partial charge in [0.15, 0.2) is 6.23 Å². The molecule has 0 saturated carbocycles. The zero-order valence-corrected chi connectivity index (χ0v) is 14.7. The lowest BCUT2D eigenvalue weighted by molar-refractivity contribution is -0.155. The van der Waals surface area contributed by atoms with Crippen molar-refractivity contribution in [1.82, 2.24) is 14.8 Å². The SMILES string of the molecule is CC(=O)OC[C@H]1O[C@@H](n2nc(C)c(=O)[nH]c2=O)[C@@H](Br)[C@@H]1OC(C)=O. The van der Waals surface area contributed by atoms with Gasteiger partial charge in [0.2, 0.25) is 0 Å². The molecule has 0 aromatic carbocycles. The highest BCUT2D eigenvalue weighted by Gasteiger charge is 2.48. The highest BCUT2D eigenvalue weighted by molar-refractivity contribution is 9.09. The van der Waals surface area contributed by atoms with Gasteiger partial charge < -0.3 is 14.2 Å². The molecule has 1 aromatic heterocycles. The van der Waals surface area contributed by atoms with Gasteiger partial charge in [-0.05, 0) is 6.92 Å². The van der Waals surface area contributed by atoms with Gasteiger partial charge in [0, 0.05) is 13.8 Å². The Hall–Kier alpha value is -2.01. The summed E-state index contributed by atoms with van der Waals surface area (Å²) in [6, 6.07) is 0. The van der Waals surface area contributed by atoms with Crippen LogP contribution in [-0.4, -0.2) is 50.3 Å². The fourth-order valence-electron chi connectivity index (χ4n) is 2.23. The number of rotatable bonds is 4. The fraction of sp³-hybridized carbons (Fsp3) is 0.615. The first-order chi connectivity index (χ1) is 11.2. The van der Waals surface area contributed by atoms with E-state index in [0.717, 1.165) is 4.68 Å². The number of carbonyl (C=O) groups excluding carboxylic acids is 2. The molecule has 1 N–H and O–H groups in total. The minimum Gasteiger partial charge on any atom is -0.463 e. The minimum atomic E-state index is -0.960. The van der Waals surface area contributed by atoms with E-state index in [-0.39, 0.29) is 12.3 Å². The van der Waals surface area contributed by atoms with E-state index in [1.807, 2.05) is 0 Å². The molecule has 0 amide bonds. The number of hydrogen-bond acceptors (Lipinski definition) is 8. The van der Waals surface area contributed by atoms with E-state index in [1.54, 1.807) is 0 Å². The average molecular weight is 406 g/mol. The summed E-state index contributed by atoms with van der Waals surface area (Å²) in [6.45, 7) is 3.73. The number of ether oxygens (including phenoxy) is 3. The maximum absolute atomic E-state index is 12.0. The van der Waals surface area contributed by atoms with E-state index in [1.165, 1.54) is 20.8 Å². The molecule has 0 radical (unpaired) electrons. The van der Waals surface area contributed by atoms with Crippen molar-refractivity contribution in [2.75, 3.05) is 6.61 Å². The molecular formula is C13H16BrN3O7. The van der Waals surface area contributed by atoms with Crippen LogP contribution in [0.5, 0.6) is 0 Å². The third kappa shape index (κ3) is 3.90. The van der Waals surface area contributed by atoms with Gasteiger partial charge in [0.05, 0.1) is 0 Å². The van der Waals surface area contributed by atoms with Gasteiger partial charge in [-0.2, -0.15) is 9.78 Å². The Bertz CT molecular complexity index is 759. The Morgan fingerprint density at radius 3 is 2.58 bits per heavy atom. The summed E-state index contributed by atoms with van der Waals surface area (Å²) >= 11 is 3.33. The smallest absolute Gasteiger partial charge is 0.347 e. The predicted molar refractivity (Wildman–Crippen MR) is 82.7 cm³/mol. The van der Waals surface area contributed by atoms with Crippen LogP contribution in [0.15, 0.2) is 9.59 Å². The normalized spacial score (nSPS) is 26.2. The molecule has 0 aliphatic carbocycles. The molecule has 24 heavy (non-hydrogen) atoms. The quantitative estimate of drug-likeness (QED) is 0.518. The van der Waals surface area contributed by atoms with Crippen LogP contribution in [0.1, 0.15) is 25.8 Å². The number of aromatic nitrogens is 3. The number of alkyl halides is 1. The lowest BCUT2D eigenvalue weighted by Crippen LogP contribution is -2.39. The number of aromatic amines is 1. The Morgan fingerprint density at radius 2 is 2.00 bits per heavy atom. The number of H-pyrrole nitrogens is 1. The van der Waals surface area contributed by atoms with Crippen LogP contribution in [0.2, 0.25) is 0 Å². The molecule has 1 fully saturated rings. The summed E-state index contributed by atoms with van der Waals surface area (Å²) in [5, 5.41) is 3.91. The number of halogens is 1. The van der Waals surface area contributed by atoms with Crippen molar-refractivity contribution in [3.63, 3.8) is 0 Å². The molecule has 2 heterocycles. The number of hydrogen-bond donors (Lipinski definition) is 1. The largest absolute Gasteiger partial charge is 0.463 e. The van der Waals surface area contributed by atoms with E-state index >= 15 is 0 Å². The van der Waals surface area contributed by atoms with Crippen molar-refractivity contribution in [3.8, 4) is 0 Å². The molecule has 1 aliphatic heterocycles. The van der Waals surface area contributed by atoms with Crippen molar-refractivity contribution in [2.45, 2.75) is 44.0 Å². The van der Waals surface area contributed by atoms with Crippen molar-refractivity contribution < 1.29 is 23.8 Å². The second-order valence-corrected chi connectivity index (χ2v) is 6.23. The molecule has 4 atom stereocenters. The molecule has 132 valence electrons. The van der Waals surface area contributed by atoms with Crippen LogP contribution < -0.4 is 11.2 Å². The molecule has 1 aliphatic rings. The van der Waals surface area contributed by atoms with E-state index in [0.29, 0.717) is 0 Å². The monoisotopic (exact) mass is 405 g/mol. The topological polar surface area (TPSA) is 130 Å². The summed E-state index contributed by atoms with van der Waals surface area (Å²) in [6.07, 6.45) is -2.57. The molecule has 11 heteroatoms. The molecule has 1 aromatic rings. The van der Waals surface area contributed by atoms with Crippen LogP contribution >= 0.6 is 15.9 Å². The van der Waals surface area contributed by atoms with Gasteiger partial charge in [-0.1, -0.05) is 15.9 Å². The van der Waals surface area contributed by atoms with E-state index in [2.05, 4.69) is 26.0 Å². The lowest BCUT2D eigenvalue weighted by Gasteiger charge is -2.19. The predicted octanol–water partition coefficient (Wildman–Crippen LogP) is -0.604. The Labute approximate surface area is 144 Å². The van der Waals surface area contributed by atoms with E-state index in [9.17, 15) is 19.2 Å². The van der Waals surface area contributed by atoms with Gasteiger partial charge >= 0.3 is 17.6 Å². The van der Waals surface area contributed by atoms with Crippen LogP contribution in [0.4, 0.5) is 0 Å². The summed E-state index contributed by atoms with van der Waals surface area (Å²) in [5.41, 5.74) is -1.30. The Kier molecular flexibility index (Phi) is 5.54. The maximum atomic E-state index is 12.0. The van der Waals surface area contributed by atoms with Gasteiger partial charge in [0.1, 0.15) is 29.3 Å². The zero-order chi connectivity index (χ0) is 18.0. The third-order valence-corrected chi connectivity index (χ3v) is 4.25. The lowest BCUT2D eigenvalue weighted by atomic mass is 10.2. The van der Waals surface area contributed by atoms with E-state index < -0.39 is 46.5 Å². The first kappa shape index (κ1) is 18.3. The highest BCUT2D eigenvalue weighted by Crippen LogP contribution is 2.35. The molecule has 0 spiro atoms. The van der Waals surface area contributed by atoms with Crippen LogP contribution in [-0.2, 0) is 23.8 Å². The molecule has 2 rings (SSSR count). The van der Waals surface area contributed by atoms with Crippen molar-refractivity contribution >= 4 is 27.9 Å². The fourth-order valence-corrected chi connectivity index (χ4v) is 3.02.